The summed E-state index contributed by atoms with van der Waals surface area (Å²) in [6.07, 6.45) is -4.53. The van der Waals surface area contributed by atoms with E-state index < -0.39 is 24.1 Å². The average molecular weight is 394 g/mol. The second-order valence-electron chi connectivity index (χ2n) is 1.57. The van der Waals surface area contributed by atoms with Gasteiger partial charge in [0.05, 0.1) is 0 Å². The normalized spacial score (nSPS) is 9.29. The van der Waals surface area contributed by atoms with Gasteiger partial charge in [0, 0.05) is 22.4 Å². The third kappa shape index (κ3) is 23.6. The van der Waals surface area contributed by atoms with Crippen LogP contribution in [0.15, 0.2) is 0 Å². The molecule has 0 aliphatic heterocycles. The molecule has 0 bridgehead atoms. The number of carbonyl (C=O) groups is 2. The van der Waals surface area contributed by atoms with E-state index in [1.165, 1.54) is 0 Å². The van der Waals surface area contributed by atoms with Crippen LogP contribution in [0.4, 0.5) is 0 Å². The zero-order valence-electron chi connectivity index (χ0n) is 11.1. The second kappa shape index (κ2) is 26.6. The van der Waals surface area contributed by atoms with Crippen molar-refractivity contribution >= 4 is 11.9 Å². The van der Waals surface area contributed by atoms with Gasteiger partial charge in [-0.3, -0.25) is 0 Å². The number of aliphatic hydroxyl groups is 2. The maximum atomic E-state index is 9.77. The van der Waals surface area contributed by atoms with Gasteiger partial charge >= 0.3 is 92.9 Å². The molecule has 1 radical (unpaired) electrons. The maximum absolute atomic E-state index is 9.77. The van der Waals surface area contributed by atoms with E-state index in [-0.39, 0.29) is 128 Å². The van der Waals surface area contributed by atoms with Gasteiger partial charge in [0.25, 0.3) is 0 Å². The van der Waals surface area contributed by atoms with Crippen LogP contribution in [0, 0.1) is 0 Å². The van der Waals surface area contributed by atoms with E-state index >= 15 is 0 Å². The number of hydrogen-bond donors (Lipinski definition) is 4. The van der Waals surface area contributed by atoms with E-state index in [4.69, 9.17) is 20.4 Å². The van der Waals surface area contributed by atoms with Crippen molar-refractivity contribution in [1.82, 2.24) is 0 Å². The smallest absolute Gasteiger partial charge is 1.00 e. The Labute approximate surface area is 179 Å². The molecule has 0 aromatic rings. The van der Waals surface area contributed by atoms with Crippen LogP contribution in [0.3, 0.4) is 0 Å². The van der Waals surface area contributed by atoms with Gasteiger partial charge in [0.2, 0.25) is 0 Å². The molecule has 105 valence electrons. The molecule has 10 nitrogen and oxygen atoms in total. The molecule has 0 aromatic carbocycles. The molecule has 0 aliphatic carbocycles. The third-order valence-electron chi connectivity index (χ3n) is 0.805. The Balaban J connectivity index is -0.0000000112. The predicted octanol–water partition coefficient (Wildman–Crippen LogP) is -11.2. The van der Waals surface area contributed by atoms with Gasteiger partial charge in [-0.1, -0.05) is 0 Å². The minimum Gasteiger partial charge on any atom is -1.00 e. The summed E-state index contributed by atoms with van der Waals surface area (Å²) in [6.45, 7) is 0. The summed E-state index contributed by atoms with van der Waals surface area (Å²) in [5.74, 6) is -3.54. The van der Waals surface area contributed by atoms with Crippen molar-refractivity contribution in [2.45, 2.75) is 12.2 Å². The van der Waals surface area contributed by atoms with Crippen LogP contribution in [-0.4, -0.2) is 66.5 Å². The summed E-state index contributed by atoms with van der Waals surface area (Å²) >= 11 is 0. The van der Waals surface area contributed by atoms with E-state index in [0.29, 0.717) is 0 Å². The van der Waals surface area contributed by atoms with Crippen LogP contribution in [0.25, 0.3) is 0 Å². The monoisotopic (exact) mass is 393 g/mol. The summed E-state index contributed by atoms with van der Waals surface area (Å²) in [4.78, 5) is 19.5. The minimum absolute atomic E-state index is 0. The van der Waals surface area contributed by atoms with Crippen LogP contribution >= 0.6 is 0 Å². The number of rotatable bonds is 3. The molecule has 0 fully saturated rings. The average Bonchev–Trinajstić information content (AvgIpc) is 1.84. The first-order valence-electron chi connectivity index (χ1n) is 2.28. The van der Waals surface area contributed by atoms with E-state index in [0.717, 1.165) is 0 Å². The summed E-state index contributed by atoms with van der Waals surface area (Å²) in [5, 5.41) is 32.5. The molecule has 2 unspecified atom stereocenters. The molecular weight excluding hydrogens is 378 g/mol. The van der Waals surface area contributed by atoms with Crippen molar-refractivity contribution in [1.29, 1.82) is 0 Å². The minimum atomic E-state index is -2.27. The van der Waals surface area contributed by atoms with Gasteiger partial charge in [0.1, 0.15) is 0 Å². The van der Waals surface area contributed by atoms with Gasteiger partial charge in [0.15, 0.2) is 12.2 Å². The molecule has 0 heterocycles. The number of carboxylic acid groups (broad SMARTS) is 2. The number of hydrogen-bond acceptors (Lipinski definition) is 4. The maximum Gasteiger partial charge on any atom is 1.00 e. The molecule has 0 saturated carbocycles. The van der Waals surface area contributed by atoms with Crippen molar-refractivity contribution in [2.24, 2.45) is 0 Å². The number of carboxylic acids is 2. The zero-order valence-corrected chi connectivity index (χ0v) is 15.7. The molecule has 0 spiro atoms. The Morgan fingerprint density at radius 1 is 0.824 bits per heavy atom. The van der Waals surface area contributed by atoms with Gasteiger partial charge in [-0.15, -0.1) is 0 Å². The molecule has 0 saturated heterocycles. The van der Waals surface area contributed by atoms with Crippen molar-refractivity contribution in [3.8, 4) is 0 Å². The molecule has 17 heavy (non-hydrogen) atoms. The van der Waals surface area contributed by atoms with E-state index in [9.17, 15) is 9.59 Å². The molecule has 12 N–H and O–H groups in total. The quantitative estimate of drug-likeness (QED) is 0.338. The topological polar surface area (TPSA) is 241 Å². The van der Waals surface area contributed by atoms with Crippen molar-refractivity contribution in [2.75, 3.05) is 0 Å². The third-order valence-corrected chi connectivity index (χ3v) is 0.805. The summed E-state index contributed by atoms with van der Waals surface area (Å²) in [5.41, 5.74) is 0. The Hall–Kier alpha value is 2.08. The van der Waals surface area contributed by atoms with Gasteiger partial charge in [-0.25, -0.2) is 9.59 Å². The largest absolute Gasteiger partial charge is 1.00 e. The Morgan fingerprint density at radius 2 is 0.941 bits per heavy atom. The van der Waals surface area contributed by atoms with E-state index in [2.05, 4.69) is 0 Å². The number of aliphatic carboxylic acids is 2. The van der Waals surface area contributed by atoms with Crippen molar-refractivity contribution < 1.29 is 158 Å². The first-order chi connectivity index (χ1) is 4.46. The Morgan fingerprint density at radius 3 is 1.00 bits per heavy atom. The Bertz CT molecular complexity index is 162. The fourth-order valence-electron chi connectivity index (χ4n) is 0.270. The molecule has 13 heteroatoms. The van der Waals surface area contributed by atoms with Crippen LogP contribution in [0.1, 0.15) is 2.85 Å². The summed E-state index contributed by atoms with van der Waals surface area (Å²) in [6, 6.07) is 0. The van der Waals surface area contributed by atoms with Crippen molar-refractivity contribution in [3.05, 3.63) is 0 Å². The van der Waals surface area contributed by atoms with E-state index in [1.807, 2.05) is 0 Å². The molecular formula is C4H16AgKNaO10. The first kappa shape index (κ1) is 50.8. The molecule has 0 aromatic heterocycles. The zero-order chi connectivity index (χ0) is 8.31. The fraction of sp³-hybridized carbons (Fsp3) is 0.500. The predicted molar refractivity (Wildman–Crippen MR) is 44.0 cm³/mol. The summed E-state index contributed by atoms with van der Waals surface area (Å²) < 4.78 is 0. The van der Waals surface area contributed by atoms with Gasteiger partial charge in [-0.2, -0.15) is 0 Å². The standard InChI is InChI=1S/C4H6O6.Ag.K.Na.4H2O.2H/c5-1(3(7)8)2(6)4(9)10;;;;;;;;;/h1-2,5-6H,(H,7,8)(H,9,10);;;;4*1H2;;/q;;2*+1;;;;;2*-1. The molecule has 0 rings (SSSR count). The van der Waals surface area contributed by atoms with Gasteiger partial charge < -0.3 is 45.2 Å². The SMILES string of the molecule is O.O.O.O.O=C(O)C(O)C(O)C(=O)O.[Ag].[H-].[H-].[K+].[Na+]. The Kier molecular flexibility index (Phi) is 79.5. The number of aliphatic hydroxyl groups excluding tert-OH is 2. The molecule has 0 amide bonds. The molecule has 2 atom stereocenters. The second-order valence-corrected chi connectivity index (χ2v) is 1.57. The fourth-order valence-corrected chi connectivity index (χ4v) is 0.270. The van der Waals surface area contributed by atoms with E-state index in [1.54, 1.807) is 0 Å². The summed E-state index contributed by atoms with van der Waals surface area (Å²) in [7, 11) is 0. The molecule has 0 aliphatic rings. The van der Waals surface area contributed by atoms with Crippen LogP contribution in [0.5, 0.6) is 0 Å². The van der Waals surface area contributed by atoms with Crippen LogP contribution in [0.2, 0.25) is 0 Å². The van der Waals surface area contributed by atoms with Gasteiger partial charge in [-0.05, 0) is 0 Å². The van der Waals surface area contributed by atoms with Crippen molar-refractivity contribution in [3.63, 3.8) is 0 Å². The first-order valence-corrected chi connectivity index (χ1v) is 2.28. The van der Waals surface area contributed by atoms with Crippen LogP contribution < -0.4 is 80.9 Å². The van der Waals surface area contributed by atoms with Crippen LogP contribution in [-0.2, 0) is 32.0 Å².